The van der Waals surface area contributed by atoms with Crippen LogP contribution in [0.3, 0.4) is 0 Å². The van der Waals surface area contributed by atoms with E-state index in [1.54, 1.807) is 4.72 Å². The van der Waals surface area contributed by atoms with Crippen LogP contribution >= 0.6 is 0 Å². The molecule has 0 atom stereocenters. The summed E-state index contributed by atoms with van der Waals surface area (Å²) in [6, 6.07) is 2.34. The van der Waals surface area contributed by atoms with Crippen LogP contribution in [0.15, 0.2) is 23.2 Å². The van der Waals surface area contributed by atoms with Gasteiger partial charge in [-0.15, -0.1) is 10.2 Å². The Morgan fingerprint density at radius 2 is 1.59 bits per heavy atom. The lowest BCUT2D eigenvalue weighted by Gasteiger charge is -2.16. The first-order valence-electron chi connectivity index (χ1n) is 9.06. The molecule has 2 aromatic rings. The molecule has 1 aromatic heterocycles. The fourth-order valence-corrected chi connectivity index (χ4v) is 4.69. The van der Waals surface area contributed by atoms with E-state index in [1.165, 1.54) is 0 Å². The third-order valence-corrected chi connectivity index (χ3v) is 6.37. The highest BCUT2D eigenvalue weighted by Gasteiger charge is 2.34. The van der Waals surface area contributed by atoms with Crippen LogP contribution in [0, 0.1) is 0 Å². The van der Waals surface area contributed by atoms with Crippen molar-refractivity contribution in [2.75, 3.05) is 5.32 Å². The molecule has 11 heteroatoms. The number of urea groups is 1. The number of nitrogens with one attached hydrogen (secondary N) is 2. The van der Waals surface area contributed by atoms with Gasteiger partial charge in [-0.2, -0.15) is 21.6 Å². The zero-order valence-corrected chi connectivity index (χ0v) is 16.0. The van der Waals surface area contributed by atoms with Gasteiger partial charge in [0, 0.05) is 5.69 Å². The zero-order valence-electron chi connectivity index (χ0n) is 15.1. The Hall–Kier alpha value is -2.69. The monoisotopic (exact) mass is 426 g/mol. The van der Waals surface area contributed by atoms with Crippen molar-refractivity contribution in [1.82, 2.24) is 14.9 Å². The van der Waals surface area contributed by atoms with Gasteiger partial charge in [-0.25, -0.2) is 9.52 Å². The number of aromatic nitrogens is 2. The first-order valence-corrected chi connectivity index (χ1v) is 10.5. The summed E-state index contributed by atoms with van der Waals surface area (Å²) in [5.41, 5.74) is 3.70. The van der Waals surface area contributed by atoms with Gasteiger partial charge in [-0.05, 0) is 72.9 Å². The van der Waals surface area contributed by atoms with Crippen LogP contribution in [0.4, 0.5) is 23.7 Å². The number of alkyl halides is 3. The number of rotatable bonds is 3. The normalized spacial score (nSPS) is 15.7. The molecular weight excluding hydrogens is 409 g/mol. The van der Waals surface area contributed by atoms with Crippen LogP contribution < -0.4 is 10.0 Å². The molecule has 0 fully saturated rings. The smallest absolute Gasteiger partial charge is 0.307 e. The van der Waals surface area contributed by atoms with Crippen molar-refractivity contribution in [1.29, 1.82) is 0 Å². The second kappa shape index (κ2) is 6.97. The number of hydrogen-bond acceptors (Lipinski definition) is 5. The lowest BCUT2D eigenvalue weighted by atomic mass is 9.99. The van der Waals surface area contributed by atoms with E-state index in [2.05, 4.69) is 21.6 Å². The highest BCUT2D eigenvalue weighted by Crippen LogP contribution is 2.38. The quantitative estimate of drug-likeness (QED) is 0.786. The molecule has 2 aliphatic carbocycles. The number of hydrogen-bond donors (Lipinski definition) is 2. The van der Waals surface area contributed by atoms with Gasteiger partial charge in [0.2, 0.25) is 0 Å². The molecule has 0 aliphatic heterocycles. The van der Waals surface area contributed by atoms with Crippen molar-refractivity contribution < 1.29 is 26.4 Å². The fourth-order valence-electron chi connectivity index (χ4n) is 3.90. The Labute approximate surface area is 164 Å². The Bertz CT molecular complexity index is 1050. The third-order valence-electron chi connectivity index (χ3n) is 5.14. The van der Waals surface area contributed by atoms with E-state index in [0.717, 1.165) is 60.8 Å². The highest BCUT2D eigenvalue weighted by atomic mass is 32.2. The van der Waals surface area contributed by atoms with Gasteiger partial charge in [0.25, 0.3) is 10.0 Å². The zero-order chi connectivity index (χ0) is 20.8. The van der Waals surface area contributed by atoms with E-state index in [0.29, 0.717) is 17.8 Å². The van der Waals surface area contributed by atoms with E-state index in [4.69, 9.17) is 0 Å². The molecule has 1 aromatic carbocycles. The van der Waals surface area contributed by atoms with Crippen LogP contribution in [0.5, 0.6) is 0 Å². The highest BCUT2D eigenvalue weighted by molar-refractivity contribution is 7.90. The summed E-state index contributed by atoms with van der Waals surface area (Å²) in [7, 11) is -4.47. The van der Waals surface area contributed by atoms with Crippen molar-refractivity contribution in [2.45, 2.75) is 49.7 Å². The number of fused-ring (bicyclic) bond motifs is 2. The molecule has 2 aliphatic rings. The van der Waals surface area contributed by atoms with Crippen LogP contribution in [-0.4, -0.2) is 24.6 Å². The predicted molar refractivity (Wildman–Crippen MR) is 96.9 cm³/mol. The Morgan fingerprint density at radius 1 is 0.966 bits per heavy atom. The molecular formula is C18H17F3N4O3S. The molecule has 0 radical (unpaired) electrons. The largest absolute Gasteiger partial charge is 0.435 e. The van der Waals surface area contributed by atoms with Gasteiger partial charge < -0.3 is 5.32 Å². The molecule has 0 saturated heterocycles. The number of aryl methyl sites for hydroxylation is 2. The lowest BCUT2D eigenvalue weighted by Crippen LogP contribution is -2.35. The Balaban J connectivity index is 1.55. The third kappa shape index (κ3) is 3.78. The van der Waals surface area contributed by atoms with E-state index in [9.17, 15) is 26.4 Å². The number of benzene rings is 1. The maximum atomic E-state index is 12.6. The summed E-state index contributed by atoms with van der Waals surface area (Å²) >= 11 is 0. The Morgan fingerprint density at radius 3 is 2.10 bits per heavy atom. The molecule has 0 saturated carbocycles. The number of carbonyl (C=O) groups excluding carboxylic acids is 1. The molecule has 7 nitrogen and oxygen atoms in total. The van der Waals surface area contributed by atoms with Crippen LogP contribution in [-0.2, 0) is 41.9 Å². The number of carbonyl (C=O) groups is 1. The van der Waals surface area contributed by atoms with Gasteiger partial charge in [0.1, 0.15) is 0 Å². The summed E-state index contributed by atoms with van der Waals surface area (Å²) in [6.07, 6.45) is 0.623. The minimum atomic E-state index is -4.74. The first kappa shape index (κ1) is 19.6. The SMILES string of the molecule is O=C(Nc1c2c(cc3c1CCC3)CCC2)NS(=O)(=O)c1ccc(C(F)(F)F)nn1. The van der Waals surface area contributed by atoms with Gasteiger partial charge in [-0.3, -0.25) is 0 Å². The topological polar surface area (TPSA) is 101 Å². The second-order valence-electron chi connectivity index (χ2n) is 7.05. The Kier molecular flexibility index (Phi) is 4.72. The average molecular weight is 426 g/mol. The average Bonchev–Trinajstić information content (AvgIpc) is 3.29. The van der Waals surface area contributed by atoms with E-state index in [1.807, 2.05) is 0 Å². The summed E-state index contributed by atoms with van der Waals surface area (Å²) in [6.45, 7) is 0. The molecule has 1 heterocycles. The molecule has 0 spiro atoms. The summed E-state index contributed by atoms with van der Waals surface area (Å²) in [5, 5.41) is 7.84. The predicted octanol–water partition coefficient (Wildman–Crippen LogP) is 2.98. The summed E-state index contributed by atoms with van der Waals surface area (Å²) in [5.74, 6) is 0. The van der Waals surface area contributed by atoms with Crippen molar-refractivity contribution in [3.8, 4) is 0 Å². The van der Waals surface area contributed by atoms with Crippen molar-refractivity contribution >= 4 is 21.7 Å². The minimum absolute atomic E-state index is 0.496. The molecule has 4 rings (SSSR count). The van der Waals surface area contributed by atoms with Crippen molar-refractivity contribution in [3.63, 3.8) is 0 Å². The summed E-state index contributed by atoms with van der Waals surface area (Å²) < 4.78 is 64.1. The van der Waals surface area contributed by atoms with Crippen LogP contribution in [0.2, 0.25) is 0 Å². The van der Waals surface area contributed by atoms with Crippen LogP contribution in [0.1, 0.15) is 40.8 Å². The van der Waals surface area contributed by atoms with Crippen LogP contribution in [0.25, 0.3) is 0 Å². The molecule has 0 unspecified atom stereocenters. The maximum Gasteiger partial charge on any atom is 0.435 e. The van der Waals surface area contributed by atoms with E-state index >= 15 is 0 Å². The molecule has 2 amide bonds. The summed E-state index contributed by atoms with van der Waals surface area (Å²) in [4.78, 5) is 12.4. The van der Waals surface area contributed by atoms with Crippen molar-refractivity contribution in [3.05, 3.63) is 46.1 Å². The minimum Gasteiger partial charge on any atom is -0.307 e. The molecule has 2 N–H and O–H groups in total. The second-order valence-corrected chi connectivity index (χ2v) is 8.68. The number of sulfonamides is 1. The van der Waals surface area contributed by atoms with Gasteiger partial charge in [0.05, 0.1) is 0 Å². The molecule has 29 heavy (non-hydrogen) atoms. The lowest BCUT2D eigenvalue weighted by molar-refractivity contribution is -0.141. The standard InChI is InChI=1S/C18H17F3N4O3S/c19-18(20,21)14-7-8-15(24-23-14)29(27,28)25-17(26)22-16-12-5-1-3-10(12)9-11-4-2-6-13(11)16/h7-9H,1-6H2,(H2,22,25,26). The number of halogens is 3. The number of anilines is 1. The first-order chi connectivity index (χ1) is 13.6. The fraction of sp³-hybridized carbons (Fsp3) is 0.389. The number of amides is 2. The van der Waals surface area contributed by atoms with E-state index in [-0.39, 0.29) is 0 Å². The van der Waals surface area contributed by atoms with E-state index < -0.39 is 33.0 Å². The van der Waals surface area contributed by atoms with Gasteiger partial charge >= 0.3 is 12.2 Å². The maximum absolute atomic E-state index is 12.6. The van der Waals surface area contributed by atoms with Gasteiger partial charge in [0.15, 0.2) is 10.7 Å². The number of nitrogens with zero attached hydrogens (tertiary/aromatic N) is 2. The molecule has 0 bridgehead atoms. The van der Waals surface area contributed by atoms with Gasteiger partial charge in [-0.1, -0.05) is 6.07 Å². The van der Waals surface area contributed by atoms with Crippen molar-refractivity contribution in [2.24, 2.45) is 0 Å². The molecule has 154 valence electrons.